The molecule has 2 aromatic carbocycles. The van der Waals surface area contributed by atoms with Crippen LogP contribution in [0.5, 0.6) is 5.75 Å². The lowest BCUT2D eigenvalue weighted by atomic mass is 10.1. The number of nitrogens with one attached hydrogen (secondary N) is 2. The molecule has 0 aliphatic rings. The summed E-state index contributed by atoms with van der Waals surface area (Å²) < 4.78 is 24.5. The second kappa shape index (κ2) is 11.0. The molecule has 10 heteroatoms. The number of rotatable bonds is 9. The molecule has 8 nitrogen and oxygen atoms in total. The first-order valence-electron chi connectivity index (χ1n) is 9.60. The van der Waals surface area contributed by atoms with Gasteiger partial charge in [0, 0.05) is 35.9 Å². The highest BCUT2D eigenvalue weighted by Gasteiger charge is 2.13. The molecule has 1 heterocycles. The van der Waals surface area contributed by atoms with Gasteiger partial charge in [-0.3, -0.25) is 4.79 Å². The van der Waals surface area contributed by atoms with Crippen LogP contribution in [0.4, 0.5) is 21.6 Å². The van der Waals surface area contributed by atoms with Crippen molar-refractivity contribution in [2.24, 2.45) is 0 Å². The van der Waals surface area contributed by atoms with Crippen LogP contribution >= 0.6 is 11.6 Å². The molecule has 0 unspecified atom stereocenters. The largest absolute Gasteiger partial charge is 0.489 e. The highest BCUT2D eigenvalue weighted by Crippen LogP contribution is 2.34. The van der Waals surface area contributed by atoms with Gasteiger partial charge in [0.2, 0.25) is 5.91 Å². The first-order valence-corrected chi connectivity index (χ1v) is 9.98. The monoisotopic (exact) mass is 455 g/mol. The lowest BCUT2D eigenvalue weighted by Gasteiger charge is -2.15. The zero-order chi connectivity index (χ0) is 22.9. The Morgan fingerprint density at radius 1 is 1.28 bits per heavy atom. The van der Waals surface area contributed by atoms with E-state index in [2.05, 4.69) is 20.6 Å². The van der Waals surface area contributed by atoms with E-state index in [4.69, 9.17) is 26.3 Å². The lowest BCUT2D eigenvalue weighted by molar-refractivity contribution is -0.111. The van der Waals surface area contributed by atoms with E-state index in [1.807, 2.05) is 6.92 Å². The van der Waals surface area contributed by atoms with E-state index < -0.39 is 11.7 Å². The molecule has 0 aliphatic carbocycles. The van der Waals surface area contributed by atoms with Crippen molar-refractivity contribution in [1.82, 2.24) is 9.97 Å². The first-order chi connectivity index (χ1) is 15.5. The minimum absolute atomic E-state index is 0.0319. The third-order valence-electron chi connectivity index (χ3n) is 4.18. The summed E-state index contributed by atoms with van der Waals surface area (Å²) in [5.74, 6) is -0.238. The number of carbonyl (C=O) groups is 1. The number of carbonyl (C=O) groups excluding carboxylic acids is 1. The van der Waals surface area contributed by atoms with Gasteiger partial charge in [0.25, 0.3) is 0 Å². The molecule has 0 bridgehead atoms. The third kappa shape index (κ3) is 5.91. The number of allylic oxidation sites excluding steroid dienone is 1. The van der Waals surface area contributed by atoms with Gasteiger partial charge in [0.15, 0.2) is 0 Å². The molecule has 32 heavy (non-hydrogen) atoms. The predicted octanol–water partition coefficient (Wildman–Crippen LogP) is 4.60. The smallest absolute Gasteiger partial charge is 0.249 e. The Hall–Kier alpha value is -3.74. The van der Waals surface area contributed by atoms with Crippen LogP contribution < -0.4 is 15.4 Å². The molecule has 164 valence electrons. The summed E-state index contributed by atoms with van der Waals surface area (Å²) in [5, 5.41) is 15.0. The van der Waals surface area contributed by atoms with Crippen LogP contribution in [0, 0.1) is 17.1 Å². The Balaban J connectivity index is 1.98. The van der Waals surface area contributed by atoms with Gasteiger partial charge >= 0.3 is 0 Å². The van der Waals surface area contributed by atoms with Crippen molar-refractivity contribution in [3.8, 4) is 11.8 Å². The summed E-state index contributed by atoms with van der Waals surface area (Å²) in [5.41, 5.74) is 1.43. The standard InChI is InChI=1S/C22H19ClFN5O3/c1-2-31-8-9-32-20-12-18-15(11-19(20)29-21(30)4-3-7-25)22(27-13-26-18)28-14-5-6-17(24)16(23)10-14/h3-6,10-13H,2,8-9H2,1H3,(H,29,30)(H,26,27,28)/b4-3-. The fraction of sp³-hybridized carbons (Fsp3) is 0.182. The number of ether oxygens (including phenoxy) is 2. The summed E-state index contributed by atoms with van der Waals surface area (Å²) in [6, 6.07) is 9.28. The van der Waals surface area contributed by atoms with E-state index in [1.165, 1.54) is 24.5 Å². The zero-order valence-electron chi connectivity index (χ0n) is 17.1. The van der Waals surface area contributed by atoms with Crippen molar-refractivity contribution < 1.29 is 18.7 Å². The molecule has 0 fully saturated rings. The van der Waals surface area contributed by atoms with Crippen LogP contribution in [0.1, 0.15) is 6.92 Å². The summed E-state index contributed by atoms with van der Waals surface area (Å²) in [7, 11) is 0. The molecular weight excluding hydrogens is 437 g/mol. The average molecular weight is 456 g/mol. The minimum atomic E-state index is -0.533. The quantitative estimate of drug-likeness (QED) is 0.275. The summed E-state index contributed by atoms with van der Waals surface area (Å²) in [6.45, 7) is 3.07. The second-order valence-corrected chi connectivity index (χ2v) is 6.75. The molecule has 0 saturated carbocycles. The van der Waals surface area contributed by atoms with E-state index in [1.54, 1.807) is 18.2 Å². The van der Waals surface area contributed by atoms with E-state index >= 15 is 0 Å². The molecule has 0 spiro atoms. The number of nitrogens with zero attached hydrogens (tertiary/aromatic N) is 3. The van der Waals surface area contributed by atoms with Crippen molar-refractivity contribution in [3.63, 3.8) is 0 Å². The maximum atomic E-state index is 13.5. The summed E-state index contributed by atoms with van der Waals surface area (Å²) in [6.07, 6.45) is 3.55. The Kier molecular flexibility index (Phi) is 7.91. The zero-order valence-corrected chi connectivity index (χ0v) is 17.8. The van der Waals surface area contributed by atoms with Gasteiger partial charge in [-0.25, -0.2) is 14.4 Å². The topological polar surface area (TPSA) is 109 Å². The molecule has 2 N–H and O–H groups in total. The second-order valence-electron chi connectivity index (χ2n) is 6.34. The number of amides is 1. The van der Waals surface area contributed by atoms with Gasteiger partial charge in [-0.2, -0.15) is 5.26 Å². The van der Waals surface area contributed by atoms with E-state index in [0.29, 0.717) is 47.1 Å². The van der Waals surface area contributed by atoms with E-state index in [-0.39, 0.29) is 11.6 Å². The molecule has 0 saturated heterocycles. The first kappa shape index (κ1) is 22.9. The molecule has 0 atom stereocenters. The van der Waals surface area contributed by atoms with Crippen molar-refractivity contribution >= 4 is 45.6 Å². The normalized spacial score (nSPS) is 10.8. The van der Waals surface area contributed by atoms with Crippen LogP contribution in [-0.2, 0) is 9.53 Å². The number of fused-ring (bicyclic) bond motifs is 1. The van der Waals surface area contributed by atoms with Crippen LogP contribution in [0.15, 0.2) is 48.8 Å². The Morgan fingerprint density at radius 3 is 2.88 bits per heavy atom. The molecule has 1 amide bonds. The van der Waals surface area contributed by atoms with Crippen molar-refractivity contribution in [2.45, 2.75) is 6.92 Å². The highest BCUT2D eigenvalue weighted by molar-refractivity contribution is 6.31. The Morgan fingerprint density at radius 2 is 2.12 bits per heavy atom. The minimum Gasteiger partial charge on any atom is -0.489 e. The maximum Gasteiger partial charge on any atom is 0.249 e. The van der Waals surface area contributed by atoms with Crippen LogP contribution in [-0.4, -0.2) is 35.7 Å². The van der Waals surface area contributed by atoms with Crippen molar-refractivity contribution in [2.75, 3.05) is 30.5 Å². The Labute approximate surface area is 188 Å². The number of aromatic nitrogens is 2. The molecule has 3 aromatic rings. The summed E-state index contributed by atoms with van der Waals surface area (Å²) >= 11 is 5.86. The van der Waals surface area contributed by atoms with Crippen molar-refractivity contribution in [3.05, 3.63) is 59.7 Å². The van der Waals surface area contributed by atoms with Crippen LogP contribution in [0.25, 0.3) is 10.9 Å². The van der Waals surface area contributed by atoms with E-state index in [9.17, 15) is 9.18 Å². The van der Waals surface area contributed by atoms with Crippen molar-refractivity contribution in [1.29, 1.82) is 5.26 Å². The number of nitriles is 1. The maximum absolute atomic E-state index is 13.5. The predicted molar refractivity (Wildman–Crippen MR) is 120 cm³/mol. The van der Waals surface area contributed by atoms with Gasteiger partial charge in [-0.05, 0) is 31.2 Å². The third-order valence-corrected chi connectivity index (χ3v) is 4.47. The van der Waals surface area contributed by atoms with Gasteiger partial charge in [-0.15, -0.1) is 0 Å². The van der Waals surface area contributed by atoms with Crippen LogP contribution in [0.3, 0.4) is 0 Å². The molecule has 3 rings (SSSR count). The highest BCUT2D eigenvalue weighted by atomic mass is 35.5. The number of hydrogen-bond acceptors (Lipinski definition) is 7. The van der Waals surface area contributed by atoms with Gasteiger partial charge in [0.1, 0.15) is 30.3 Å². The fourth-order valence-electron chi connectivity index (χ4n) is 2.75. The van der Waals surface area contributed by atoms with Gasteiger partial charge < -0.3 is 20.1 Å². The summed E-state index contributed by atoms with van der Waals surface area (Å²) in [4.78, 5) is 20.7. The molecular formula is C22H19ClFN5O3. The van der Waals surface area contributed by atoms with E-state index in [0.717, 1.165) is 12.2 Å². The van der Waals surface area contributed by atoms with Gasteiger partial charge in [-0.1, -0.05) is 11.6 Å². The lowest BCUT2D eigenvalue weighted by Crippen LogP contribution is -2.12. The average Bonchev–Trinajstić information content (AvgIpc) is 2.78. The SMILES string of the molecule is CCOCCOc1cc2ncnc(Nc3ccc(F)c(Cl)c3)c2cc1NC(=O)/C=C\C#N. The Bertz CT molecular complexity index is 1200. The fourth-order valence-corrected chi connectivity index (χ4v) is 2.93. The molecule has 1 aromatic heterocycles. The van der Waals surface area contributed by atoms with Gasteiger partial charge in [0.05, 0.1) is 28.9 Å². The molecule has 0 radical (unpaired) electrons. The molecule has 0 aliphatic heterocycles. The number of benzene rings is 2. The number of halogens is 2. The number of hydrogen-bond donors (Lipinski definition) is 2. The van der Waals surface area contributed by atoms with Crippen LogP contribution in [0.2, 0.25) is 5.02 Å². The number of anilines is 3.